The molecule has 0 radical (unpaired) electrons. The molecule has 140 valence electrons. The van der Waals surface area contributed by atoms with Gasteiger partial charge in [0.15, 0.2) is 0 Å². The Labute approximate surface area is 155 Å². The van der Waals surface area contributed by atoms with Crippen molar-refractivity contribution in [3.8, 4) is 0 Å². The first-order chi connectivity index (χ1) is 12.4. The minimum atomic E-state index is -0.489. The van der Waals surface area contributed by atoms with Gasteiger partial charge in [-0.1, -0.05) is 17.7 Å². The van der Waals surface area contributed by atoms with Crippen molar-refractivity contribution in [2.45, 2.75) is 19.0 Å². The van der Waals surface area contributed by atoms with E-state index in [-0.39, 0.29) is 41.4 Å². The predicted octanol–water partition coefficient (Wildman–Crippen LogP) is 1.06. The van der Waals surface area contributed by atoms with Gasteiger partial charge in [-0.25, -0.2) is 9.18 Å². The maximum absolute atomic E-state index is 13.8. The van der Waals surface area contributed by atoms with Crippen LogP contribution in [0.2, 0.25) is 5.02 Å². The van der Waals surface area contributed by atoms with Crippen molar-refractivity contribution in [1.82, 2.24) is 20.0 Å². The molecule has 1 aromatic rings. The third-order valence-electron chi connectivity index (χ3n) is 4.83. The number of hydrogen-bond donors (Lipinski definition) is 1. The summed E-state index contributed by atoms with van der Waals surface area (Å²) in [6, 6.07) is 3.93. The summed E-state index contributed by atoms with van der Waals surface area (Å²) >= 11 is 5.98. The zero-order valence-electron chi connectivity index (χ0n) is 14.4. The van der Waals surface area contributed by atoms with Crippen LogP contribution in [0.15, 0.2) is 18.2 Å². The van der Waals surface area contributed by atoms with E-state index in [1.807, 2.05) is 4.90 Å². The van der Waals surface area contributed by atoms with Crippen LogP contribution >= 0.6 is 11.6 Å². The van der Waals surface area contributed by atoms with E-state index >= 15 is 0 Å². The number of imide groups is 1. The van der Waals surface area contributed by atoms with Crippen LogP contribution in [0, 0.1) is 5.82 Å². The smallest absolute Gasteiger partial charge is 0.325 e. The lowest BCUT2D eigenvalue weighted by atomic mass is 10.1. The Balaban J connectivity index is 1.56. The molecule has 26 heavy (non-hydrogen) atoms. The van der Waals surface area contributed by atoms with Crippen LogP contribution in [0.3, 0.4) is 0 Å². The molecular weight excluding hydrogens is 363 g/mol. The highest BCUT2D eigenvalue weighted by atomic mass is 35.5. The molecule has 2 aliphatic rings. The highest BCUT2D eigenvalue weighted by Crippen LogP contribution is 2.21. The minimum absolute atomic E-state index is 0.0883. The van der Waals surface area contributed by atoms with Gasteiger partial charge in [-0.05, 0) is 12.1 Å². The second-order valence-corrected chi connectivity index (χ2v) is 6.82. The fraction of sp³-hybridized carbons (Fsp3) is 0.471. The number of halogens is 2. The highest BCUT2D eigenvalue weighted by Gasteiger charge is 2.34. The predicted molar refractivity (Wildman–Crippen MR) is 93.0 cm³/mol. The molecule has 0 bridgehead atoms. The van der Waals surface area contributed by atoms with Crippen LogP contribution in [-0.2, 0) is 16.0 Å². The van der Waals surface area contributed by atoms with Gasteiger partial charge in [-0.3, -0.25) is 19.4 Å². The van der Waals surface area contributed by atoms with E-state index < -0.39 is 11.8 Å². The van der Waals surface area contributed by atoms with Crippen LogP contribution in [0.5, 0.6) is 0 Å². The number of urea groups is 1. The first kappa shape index (κ1) is 18.6. The van der Waals surface area contributed by atoms with Gasteiger partial charge in [0.25, 0.3) is 0 Å². The second kappa shape index (κ2) is 7.59. The zero-order chi connectivity index (χ0) is 18.8. The molecule has 2 heterocycles. The van der Waals surface area contributed by atoms with E-state index in [0.717, 1.165) is 4.90 Å². The van der Waals surface area contributed by atoms with E-state index in [4.69, 9.17) is 11.6 Å². The SMILES string of the molecule is CN1C(=O)CC(N2CCN(C(=O)Cc3c(F)cccc3Cl)CC2)NC1=O. The normalized spacial score (nSPS) is 21.7. The van der Waals surface area contributed by atoms with Crippen LogP contribution in [0.4, 0.5) is 9.18 Å². The van der Waals surface area contributed by atoms with Crippen LogP contribution in [-0.4, -0.2) is 71.9 Å². The third kappa shape index (κ3) is 3.81. The Morgan fingerprint density at radius 2 is 1.96 bits per heavy atom. The van der Waals surface area contributed by atoms with Gasteiger partial charge in [-0.15, -0.1) is 0 Å². The number of rotatable bonds is 3. The number of carbonyl (C=O) groups is 3. The van der Waals surface area contributed by atoms with Gasteiger partial charge in [-0.2, -0.15) is 0 Å². The first-order valence-corrected chi connectivity index (χ1v) is 8.76. The largest absolute Gasteiger partial charge is 0.340 e. The second-order valence-electron chi connectivity index (χ2n) is 6.42. The average molecular weight is 383 g/mol. The fourth-order valence-corrected chi connectivity index (χ4v) is 3.40. The van der Waals surface area contributed by atoms with Crippen molar-refractivity contribution in [1.29, 1.82) is 0 Å². The molecule has 1 unspecified atom stereocenters. The lowest BCUT2D eigenvalue weighted by Gasteiger charge is -2.41. The van der Waals surface area contributed by atoms with Crippen molar-refractivity contribution < 1.29 is 18.8 Å². The van der Waals surface area contributed by atoms with Crippen LogP contribution in [0.25, 0.3) is 0 Å². The molecule has 2 fully saturated rings. The van der Waals surface area contributed by atoms with Gasteiger partial charge in [0.05, 0.1) is 19.0 Å². The quantitative estimate of drug-likeness (QED) is 0.848. The molecule has 7 nitrogen and oxygen atoms in total. The zero-order valence-corrected chi connectivity index (χ0v) is 15.1. The first-order valence-electron chi connectivity index (χ1n) is 8.38. The Morgan fingerprint density at radius 3 is 2.58 bits per heavy atom. The molecule has 1 atom stereocenters. The molecule has 0 saturated carbocycles. The number of piperazine rings is 1. The van der Waals surface area contributed by atoms with E-state index in [2.05, 4.69) is 5.32 Å². The summed E-state index contributed by atoms with van der Waals surface area (Å²) in [6.07, 6.45) is -0.236. The fourth-order valence-electron chi connectivity index (χ4n) is 3.17. The van der Waals surface area contributed by atoms with E-state index in [1.165, 1.54) is 19.2 Å². The van der Waals surface area contributed by atoms with Crippen molar-refractivity contribution in [2.75, 3.05) is 33.2 Å². The van der Waals surface area contributed by atoms with Crippen molar-refractivity contribution in [3.63, 3.8) is 0 Å². The van der Waals surface area contributed by atoms with E-state index in [9.17, 15) is 18.8 Å². The molecule has 9 heteroatoms. The summed E-state index contributed by atoms with van der Waals surface area (Å²) < 4.78 is 13.8. The maximum Gasteiger partial charge on any atom is 0.325 e. The van der Waals surface area contributed by atoms with Crippen molar-refractivity contribution in [2.24, 2.45) is 0 Å². The molecular formula is C17H20ClFN4O3. The average Bonchev–Trinajstić information content (AvgIpc) is 2.62. The Hall–Kier alpha value is -2.19. The molecule has 0 aliphatic carbocycles. The molecule has 1 aromatic carbocycles. The molecule has 2 saturated heterocycles. The summed E-state index contributed by atoms with van der Waals surface area (Å²) in [5, 5.41) is 3.03. The lowest BCUT2D eigenvalue weighted by molar-refractivity contribution is -0.135. The standard InChI is InChI=1S/C17H20ClFN4O3/c1-21-15(24)10-14(20-17(21)26)22-5-7-23(8-6-22)16(25)9-11-12(18)3-2-4-13(11)19/h2-4,14H,5-10H2,1H3,(H,20,26). The van der Waals surface area contributed by atoms with Crippen molar-refractivity contribution in [3.05, 3.63) is 34.6 Å². The van der Waals surface area contributed by atoms with Crippen molar-refractivity contribution >= 4 is 29.4 Å². The highest BCUT2D eigenvalue weighted by molar-refractivity contribution is 6.31. The maximum atomic E-state index is 13.8. The van der Waals surface area contributed by atoms with Gasteiger partial charge in [0.2, 0.25) is 11.8 Å². The number of nitrogens with one attached hydrogen (secondary N) is 1. The topological polar surface area (TPSA) is 73.0 Å². The van der Waals surface area contributed by atoms with Crippen LogP contribution < -0.4 is 5.32 Å². The number of nitrogens with zero attached hydrogens (tertiary/aromatic N) is 3. The van der Waals surface area contributed by atoms with Gasteiger partial charge >= 0.3 is 6.03 Å². The molecule has 4 amide bonds. The summed E-state index contributed by atoms with van der Waals surface area (Å²) in [6.45, 7) is 1.94. The molecule has 0 aromatic heterocycles. The molecule has 3 rings (SSSR count). The summed E-state index contributed by atoms with van der Waals surface area (Å²) in [5.41, 5.74) is 0.203. The molecule has 0 spiro atoms. The summed E-state index contributed by atoms with van der Waals surface area (Å²) in [4.78, 5) is 40.7. The number of amides is 4. The Kier molecular flexibility index (Phi) is 5.43. The van der Waals surface area contributed by atoms with Gasteiger partial charge < -0.3 is 10.2 Å². The van der Waals surface area contributed by atoms with E-state index in [0.29, 0.717) is 26.2 Å². The molecule has 2 aliphatic heterocycles. The Bertz CT molecular complexity index is 698. The number of benzene rings is 1. The number of carbonyl (C=O) groups excluding carboxylic acids is 3. The summed E-state index contributed by atoms with van der Waals surface area (Å²) in [5.74, 6) is -0.913. The monoisotopic (exact) mass is 382 g/mol. The van der Waals surface area contributed by atoms with Crippen LogP contribution in [0.1, 0.15) is 12.0 Å². The number of hydrogen-bond acceptors (Lipinski definition) is 4. The minimum Gasteiger partial charge on any atom is -0.340 e. The van der Waals surface area contributed by atoms with Gasteiger partial charge in [0, 0.05) is 43.8 Å². The lowest BCUT2D eigenvalue weighted by Crippen LogP contribution is -2.62. The van der Waals surface area contributed by atoms with E-state index in [1.54, 1.807) is 11.0 Å². The van der Waals surface area contributed by atoms with Gasteiger partial charge in [0.1, 0.15) is 5.82 Å². The summed E-state index contributed by atoms with van der Waals surface area (Å²) in [7, 11) is 1.44. The molecule has 1 N–H and O–H groups in total. The Morgan fingerprint density at radius 1 is 1.27 bits per heavy atom. The third-order valence-corrected chi connectivity index (χ3v) is 5.19.